The number of halogens is 1. The highest BCUT2D eigenvalue weighted by Crippen LogP contribution is 2.21. The molecule has 0 nitrogen and oxygen atoms in total. The van der Waals surface area contributed by atoms with E-state index >= 15 is 0 Å². The molecule has 1 heteroatoms. The summed E-state index contributed by atoms with van der Waals surface area (Å²) in [6.07, 6.45) is 9.49. The van der Waals surface area contributed by atoms with Gasteiger partial charge in [0.1, 0.15) is 0 Å². The van der Waals surface area contributed by atoms with E-state index in [1.54, 1.807) is 0 Å². The zero-order chi connectivity index (χ0) is 10.8. The standard InChI is InChI=1S/C13H27Cl/c1-4-13(11-12(2)3)9-7-5-6-8-10-14/h12-13H,4-11H2,1-3H3. The molecule has 0 saturated heterocycles. The molecular weight excluding hydrogens is 192 g/mol. The Labute approximate surface area is 95.4 Å². The largest absolute Gasteiger partial charge is 0.127 e. The predicted molar refractivity (Wildman–Crippen MR) is 67.0 cm³/mol. The average molecular weight is 219 g/mol. The topological polar surface area (TPSA) is 0 Å². The normalized spacial score (nSPS) is 13.5. The summed E-state index contributed by atoms with van der Waals surface area (Å²) in [7, 11) is 0. The van der Waals surface area contributed by atoms with E-state index in [4.69, 9.17) is 11.6 Å². The minimum atomic E-state index is 0.837. The fourth-order valence-corrected chi connectivity index (χ4v) is 2.23. The third-order valence-corrected chi connectivity index (χ3v) is 3.15. The Morgan fingerprint density at radius 3 is 2.14 bits per heavy atom. The van der Waals surface area contributed by atoms with Crippen molar-refractivity contribution in [1.82, 2.24) is 0 Å². The van der Waals surface area contributed by atoms with Crippen LogP contribution in [0.5, 0.6) is 0 Å². The smallest absolute Gasteiger partial charge is 0.0223 e. The van der Waals surface area contributed by atoms with Gasteiger partial charge in [-0.1, -0.05) is 52.9 Å². The van der Waals surface area contributed by atoms with Crippen molar-refractivity contribution in [2.75, 3.05) is 5.88 Å². The Morgan fingerprint density at radius 2 is 1.64 bits per heavy atom. The summed E-state index contributed by atoms with van der Waals surface area (Å²) < 4.78 is 0. The number of rotatable bonds is 9. The van der Waals surface area contributed by atoms with E-state index in [0.29, 0.717) is 0 Å². The Bertz CT molecular complexity index is 110. The molecule has 1 atom stereocenters. The Hall–Kier alpha value is 0.290. The molecule has 0 fully saturated rings. The van der Waals surface area contributed by atoms with Gasteiger partial charge in [-0.05, 0) is 24.7 Å². The minimum Gasteiger partial charge on any atom is -0.127 e. The first kappa shape index (κ1) is 14.3. The molecule has 0 bridgehead atoms. The summed E-state index contributed by atoms with van der Waals surface area (Å²) in [5.74, 6) is 2.66. The lowest BCUT2D eigenvalue weighted by Gasteiger charge is -2.16. The molecule has 0 aromatic heterocycles. The van der Waals surface area contributed by atoms with Crippen LogP contribution in [0.1, 0.15) is 65.7 Å². The van der Waals surface area contributed by atoms with Crippen molar-refractivity contribution in [3.05, 3.63) is 0 Å². The molecule has 1 unspecified atom stereocenters. The lowest BCUT2D eigenvalue weighted by molar-refractivity contribution is 0.362. The first-order valence-corrected chi connectivity index (χ1v) is 6.80. The molecule has 0 aliphatic heterocycles. The predicted octanol–water partition coefficient (Wildman–Crippen LogP) is 5.25. The molecule has 0 spiro atoms. The Morgan fingerprint density at radius 1 is 1.00 bits per heavy atom. The van der Waals surface area contributed by atoms with Crippen LogP contribution in [-0.2, 0) is 0 Å². The van der Waals surface area contributed by atoms with Gasteiger partial charge in [-0.3, -0.25) is 0 Å². The maximum atomic E-state index is 5.64. The highest BCUT2D eigenvalue weighted by atomic mass is 35.5. The first-order valence-electron chi connectivity index (χ1n) is 6.26. The quantitative estimate of drug-likeness (QED) is 0.366. The molecule has 0 N–H and O–H groups in total. The monoisotopic (exact) mass is 218 g/mol. The van der Waals surface area contributed by atoms with Gasteiger partial charge in [0.15, 0.2) is 0 Å². The van der Waals surface area contributed by atoms with Crippen LogP contribution in [0, 0.1) is 11.8 Å². The van der Waals surface area contributed by atoms with Gasteiger partial charge in [-0.2, -0.15) is 0 Å². The SMILES string of the molecule is CCC(CCCCCCCl)CC(C)C. The van der Waals surface area contributed by atoms with E-state index in [9.17, 15) is 0 Å². The summed E-state index contributed by atoms with van der Waals surface area (Å²) >= 11 is 5.64. The first-order chi connectivity index (χ1) is 6.70. The van der Waals surface area contributed by atoms with Crippen LogP contribution in [0.25, 0.3) is 0 Å². The van der Waals surface area contributed by atoms with Gasteiger partial charge >= 0.3 is 0 Å². The highest BCUT2D eigenvalue weighted by molar-refractivity contribution is 6.17. The molecule has 0 amide bonds. The van der Waals surface area contributed by atoms with Gasteiger partial charge in [0.05, 0.1) is 0 Å². The second-order valence-electron chi connectivity index (χ2n) is 4.80. The van der Waals surface area contributed by atoms with Crippen molar-refractivity contribution >= 4 is 11.6 Å². The molecular formula is C13H27Cl. The third kappa shape index (κ3) is 8.87. The molecule has 14 heavy (non-hydrogen) atoms. The fraction of sp³-hybridized carbons (Fsp3) is 1.00. The molecule has 0 saturated carbocycles. The van der Waals surface area contributed by atoms with Crippen molar-refractivity contribution in [2.24, 2.45) is 11.8 Å². The number of alkyl halides is 1. The second kappa shape index (κ2) is 9.83. The molecule has 0 aliphatic carbocycles. The summed E-state index contributed by atoms with van der Waals surface area (Å²) in [5, 5.41) is 0. The zero-order valence-corrected chi connectivity index (χ0v) is 10.9. The van der Waals surface area contributed by atoms with Gasteiger partial charge in [-0.15, -0.1) is 11.6 Å². The van der Waals surface area contributed by atoms with Gasteiger partial charge in [0.25, 0.3) is 0 Å². The van der Waals surface area contributed by atoms with E-state index in [1.807, 2.05) is 0 Å². The van der Waals surface area contributed by atoms with Gasteiger partial charge in [-0.25, -0.2) is 0 Å². The van der Waals surface area contributed by atoms with Crippen molar-refractivity contribution in [3.8, 4) is 0 Å². The maximum absolute atomic E-state index is 5.64. The number of hydrogen-bond donors (Lipinski definition) is 0. The Balaban J connectivity index is 3.33. The molecule has 0 aromatic carbocycles. The zero-order valence-electron chi connectivity index (χ0n) is 10.2. The summed E-state index contributed by atoms with van der Waals surface area (Å²) in [6, 6.07) is 0. The van der Waals surface area contributed by atoms with Crippen LogP contribution < -0.4 is 0 Å². The van der Waals surface area contributed by atoms with E-state index in [1.165, 1.54) is 44.9 Å². The number of hydrogen-bond acceptors (Lipinski definition) is 0. The maximum Gasteiger partial charge on any atom is 0.0223 e. The fourth-order valence-electron chi connectivity index (χ4n) is 2.04. The van der Waals surface area contributed by atoms with Crippen molar-refractivity contribution in [2.45, 2.75) is 65.7 Å². The lowest BCUT2D eigenvalue weighted by Crippen LogP contribution is -2.03. The van der Waals surface area contributed by atoms with Crippen LogP contribution in [0.4, 0.5) is 0 Å². The molecule has 0 aliphatic rings. The van der Waals surface area contributed by atoms with Crippen molar-refractivity contribution in [1.29, 1.82) is 0 Å². The summed E-state index contributed by atoms with van der Waals surface area (Å²) in [4.78, 5) is 0. The van der Waals surface area contributed by atoms with E-state index in [2.05, 4.69) is 20.8 Å². The third-order valence-electron chi connectivity index (χ3n) is 2.88. The minimum absolute atomic E-state index is 0.837. The molecule has 0 radical (unpaired) electrons. The molecule has 0 heterocycles. The average Bonchev–Trinajstić information content (AvgIpc) is 2.15. The highest BCUT2D eigenvalue weighted by Gasteiger charge is 2.07. The van der Waals surface area contributed by atoms with Crippen LogP contribution in [0.2, 0.25) is 0 Å². The van der Waals surface area contributed by atoms with E-state index in [-0.39, 0.29) is 0 Å². The number of unbranched alkanes of at least 4 members (excludes halogenated alkanes) is 3. The summed E-state index contributed by atoms with van der Waals surface area (Å²) in [5.41, 5.74) is 0. The second-order valence-corrected chi connectivity index (χ2v) is 5.17. The molecule has 0 aromatic rings. The summed E-state index contributed by atoms with van der Waals surface area (Å²) in [6.45, 7) is 6.98. The van der Waals surface area contributed by atoms with Gasteiger partial charge in [0, 0.05) is 5.88 Å². The Kier molecular flexibility index (Phi) is 10.0. The molecule has 86 valence electrons. The van der Waals surface area contributed by atoms with Crippen molar-refractivity contribution < 1.29 is 0 Å². The van der Waals surface area contributed by atoms with Crippen LogP contribution in [0.3, 0.4) is 0 Å². The molecule has 0 rings (SSSR count). The van der Waals surface area contributed by atoms with Crippen molar-refractivity contribution in [3.63, 3.8) is 0 Å². The van der Waals surface area contributed by atoms with E-state index in [0.717, 1.165) is 17.7 Å². The van der Waals surface area contributed by atoms with Crippen LogP contribution >= 0.6 is 11.6 Å². The van der Waals surface area contributed by atoms with Gasteiger partial charge in [0.2, 0.25) is 0 Å². The van der Waals surface area contributed by atoms with Gasteiger partial charge < -0.3 is 0 Å². The van der Waals surface area contributed by atoms with E-state index < -0.39 is 0 Å². The van der Waals surface area contributed by atoms with Crippen LogP contribution in [-0.4, -0.2) is 5.88 Å². The lowest BCUT2D eigenvalue weighted by atomic mass is 9.90. The van der Waals surface area contributed by atoms with Crippen LogP contribution in [0.15, 0.2) is 0 Å².